The predicted octanol–water partition coefficient (Wildman–Crippen LogP) is 11.3. The normalized spacial score (nSPS) is 10.8. The van der Waals surface area contributed by atoms with E-state index >= 15 is 0 Å². The summed E-state index contributed by atoms with van der Waals surface area (Å²) in [6.07, 6.45) is 0. The minimum atomic E-state index is 0.443. The standard InChI is InChI=1S/C49H31N7/c50-32-42-18-10-11-19-43(42)49-55-47(40-26-20-34(21-27-40)33-12-4-1-5-13-33)54-48(56-49)41-30-24-36(25-31-41)35-22-28-39(29-23-35)46-52-44(37-14-6-2-7-15-37)51-45(53-46)38-16-8-3-9-17-38/h1-31H. The Kier molecular flexibility index (Phi) is 9.18. The second-order valence-corrected chi connectivity index (χ2v) is 13.1. The lowest BCUT2D eigenvalue weighted by Crippen LogP contribution is -2.01. The average Bonchev–Trinajstić information content (AvgIpc) is 3.29. The van der Waals surface area contributed by atoms with Gasteiger partial charge in [0, 0.05) is 33.4 Å². The summed E-state index contributed by atoms with van der Waals surface area (Å²) in [6.45, 7) is 0. The molecule has 0 N–H and O–H groups in total. The third kappa shape index (κ3) is 7.06. The molecule has 0 saturated carbocycles. The van der Waals surface area contributed by atoms with E-state index in [1.807, 2.05) is 133 Å². The zero-order valence-corrected chi connectivity index (χ0v) is 30.0. The van der Waals surface area contributed by atoms with Crippen LogP contribution in [-0.4, -0.2) is 29.9 Å². The molecule has 0 amide bonds. The maximum absolute atomic E-state index is 9.90. The summed E-state index contributed by atoms with van der Waals surface area (Å²) in [4.78, 5) is 29.3. The van der Waals surface area contributed by atoms with Gasteiger partial charge in [-0.1, -0.05) is 176 Å². The van der Waals surface area contributed by atoms with Crippen LogP contribution in [0.5, 0.6) is 0 Å². The quantitative estimate of drug-likeness (QED) is 0.154. The van der Waals surface area contributed by atoms with Gasteiger partial charge in [0.2, 0.25) is 0 Å². The number of nitrogens with zero attached hydrogens (tertiary/aromatic N) is 7. The fourth-order valence-corrected chi connectivity index (χ4v) is 6.53. The van der Waals surface area contributed by atoms with E-state index in [0.29, 0.717) is 46.1 Å². The Morgan fingerprint density at radius 2 is 0.500 bits per heavy atom. The van der Waals surface area contributed by atoms with Crippen LogP contribution in [0, 0.1) is 11.3 Å². The number of benzene rings is 7. The Bertz CT molecular complexity index is 2760. The lowest BCUT2D eigenvalue weighted by molar-refractivity contribution is 1.07. The fraction of sp³-hybridized carbons (Fsp3) is 0. The summed E-state index contributed by atoms with van der Waals surface area (Å²) in [5, 5.41) is 9.90. The van der Waals surface area contributed by atoms with Gasteiger partial charge in [-0.2, -0.15) is 5.26 Å². The molecule has 0 fully saturated rings. The number of rotatable bonds is 8. The molecule has 2 heterocycles. The molecule has 9 aromatic rings. The van der Waals surface area contributed by atoms with Crippen molar-refractivity contribution >= 4 is 0 Å². The smallest absolute Gasteiger partial charge is 0.165 e. The van der Waals surface area contributed by atoms with Crippen molar-refractivity contribution in [3.8, 4) is 96.7 Å². The predicted molar refractivity (Wildman–Crippen MR) is 221 cm³/mol. The Balaban J connectivity index is 1.04. The molecule has 0 atom stereocenters. The first kappa shape index (κ1) is 33.9. The van der Waals surface area contributed by atoms with E-state index in [4.69, 9.17) is 29.9 Å². The van der Waals surface area contributed by atoms with Crippen LogP contribution < -0.4 is 0 Å². The Morgan fingerprint density at radius 3 is 0.857 bits per heavy atom. The molecule has 0 aliphatic rings. The molecular formula is C49H31N7. The van der Waals surface area contributed by atoms with Crippen LogP contribution in [0.3, 0.4) is 0 Å². The van der Waals surface area contributed by atoms with Crippen molar-refractivity contribution in [3.63, 3.8) is 0 Å². The van der Waals surface area contributed by atoms with E-state index in [-0.39, 0.29) is 0 Å². The molecule has 9 rings (SSSR count). The second kappa shape index (κ2) is 15.2. The van der Waals surface area contributed by atoms with E-state index < -0.39 is 0 Å². The van der Waals surface area contributed by atoms with Crippen molar-refractivity contribution in [2.24, 2.45) is 0 Å². The van der Waals surface area contributed by atoms with Gasteiger partial charge in [0.15, 0.2) is 34.9 Å². The molecular weight excluding hydrogens is 687 g/mol. The maximum atomic E-state index is 9.90. The zero-order valence-electron chi connectivity index (χ0n) is 30.0. The SMILES string of the molecule is N#Cc1ccccc1-c1nc(-c2ccc(-c3ccccc3)cc2)nc(-c2ccc(-c3ccc(-c4nc(-c5ccccc5)nc(-c5ccccc5)n4)cc3)cc2)n1. The first-order chi connectivity index (χ1) is 27.7. The highest BCUT2D eigenvalue weighted by Gasteiger charge is 2.16. The topological polar surface area (TPSA) is 101 Å². The van der Waals surface area contributed by atoms with Crippen molar-refractivity contribution in [1.82, 2.24) is 29.9 Å². The van der Waals surface area contributed by atoms with Gasteiger partial charge in [-0.3, -0.25) is 0 Å². The third-order valence-electron chi connectivity index (χ3n) is 9.49. The summed E-state index contributed by atoms with van der Waals surface area (Å²) in [5.74, 6) is 3.34. The molecule has 0 radical (unpaired) electrons. The number of aromatic nitrogens is 6. The van der Waals surface area contributed by atoms with Gasteiger partial charge in [0.25, 0.3) is 0 Å². The number of nitriles is 1. The highest BCUT2D eigenvalue weighted by molar-refractivity contribution is 5.75. The Labute approximate surface area is 324 Å². The molecule has 0 aliphatic carbocycles. The van der Waals surface area contributed by atoms with Crippen LogP contribution in [0.2, 0.25) is 0 Å². The first-order valence-corrected chi connectivity index (χ1v) is 18.2. The lowest BCUT2D eigenvalue weighted by Gasteiger charge is -2.11. The Hall–Kier alpha value is -7.95. The summed E-state index contributed by atoms with van der Waals surface area (Å²) in [6, 6.07) is 64.4. The van der Waals surface area contributed by atoms with Gasteiger partial charge in [0.1, 0.15) is 0 Å². The van der Waals surface area contributed by atoms with Gasteiger partial charge in [-0.15, -0.1) is 0 Å². The summed E-state index contributed by atoms with van der Waals surface area (Å²) in [7, 11) is 0. The molecule has 0 aliphatic heterocycles. The first-order valence-electron chi connectivity index (χ1n) is 18.2. The van der Waals surface area contributed by atoms with Crippen molar-refractivity contribution < 1.29 is 0 Å². The van der Waals surface area contributed by atoms with Crippen LogP contribution in [0.1, 0.15) is 5.56 Å². The summed E-state index contributed by atoms with van der Waals surface area (Å²) in [5.41, 5.74) is 9.89. The van der Waals surface area contributed by atoms with Gasteiger partial charge in [-0.05, 0) is 34.4 Å². The van der Waals surface area contributed by atoms with E-state index in [1.54, 1.807) is 6.07 Å². The van der Waals surface area contributed by atoms with Crippen LogP contribution in [0.25, 0.3) is 90.6 Å². The van der Waals surface area contributed by atoms with Crippen molar-refractivity contribution in [2.45, 2.75) is 0 Å². The fourth-order valence-electron chi connectivity index (χ4n) is 6.53. The van der Waals surface area contributed by atoms with E-state index in [9.17, 15) is 5.26 Å². The maximum Gasteiger partial charge on any atom is 0.165 e. The van der Waals surface area contributed by atoms with Gasteiger partial charge >= 0.3 is 0 Å². The molecule has 0 spiro atoms. The Morgan fingerprint density at radius 1 is 0.250 bits per heavy atom. The third-order valence-corrected chi connectivity index (χ3v) is 9.49. The van der Waals surface area contributed by atoms with Gasteiger partial charge in [-0.25, -0.2) is 29.9 Å². The van der Waals surface area contributed by atoms with Crippen molar-refractivity contribution in [1.29, 1.82) is 5.26 Å². The molecule has 7 aromatic carbocycles. The second-order valence-electron chi connectivity index (χ2n) is 13.1. The number of hydrogen-bond donors (Lipinski definition) is 0. The van der Waals surface area contributed by atoms with E-state index in [1.165, 1.54) is 0 Å². The average molecular weight is 718 g/mol. The summed E-state index contributed by atoms with van der Waals surface area (Å²) >= 11 is 0. The molecule has 0 bridgehead atoms. The minimum absolute atomic E-state index is 0.443. The zero-order chi connectivity index (χ0) is 37.7. The van der Waals surface area contributed by atoms with Crippen molar-refractivity contribution in [3.05, 3.63) is 194 Å². The van der Waals surface area contributed by atoms with Crippen LogP contribution >= 0.6 is 0 Å². The van der Waals surface area contributed by atoms with Crippen LogP contribution in [0.4, 0.5) is 0 Å². The van der Waals surface area contributed by atoms with Crippen molar-refractivity contribution in [2.75, 3.05) is 0 Å². The molecule has 2 aromatic heterocycles. The van der Waals surface area contributed by atoms with Gasteiger partial charge < -0.3 is 0 Å². The number of hydrogen-bond acceptors (Lipinski definition) is 7. The molecule has 0 unspecified atom stereocenters. The summed E-state index contributed by atoms with van der Waals surface area (Å²) < 4.78 is 0. The monoisotopic (exact) mass is 717 g/mol. The largest absolute Gasteiger partial charge is 0.208 e. The van der Waals surface area contributed by atoms with Gasteiger partial charge in [0.05, 0.1) is 11.6 Å². The van der Waals surface area contributed by atoms with Crippen LogP contribution in [-0.2, 0) is 0 Å². The molecule has 56 heavy (non-hydrogen) atoms. The highest BCUT2D eigenvalue weighted by atomic mass is 15.0. The molecule has 7 nitrogen and oxygen atoms in total. The van der Waals surface area contributed by atoms with E-state index in [0.717, 1.165) is 50.1 Å². The highest BCUT2D eigenvalue weighted by Crippen LogP contribution is 2.31. The minimum Gasteiger partial charge on any atom is -0.208 e. The van der Waals surface area contributed by atoms with E-state index in [2.05, 4.69) is 54.6 Å². The molecule has 0 saturated heterocycles. The molecule has 262 valence electrons. The van der Waals surface area contributed by atoms with Crippen LogP contribution in [0.15, 0.2) is 188 Å². The lowest BCUT2D eigenvalue weighted by atomic mass is 10.0. The molecule has 7 heteroatoms.